The zero-order valence-electron chi connectivity index (χ0n) is 32.3. The summed E-state index contributed by atoms with van der Waals surface area (Å²) in [5.41, 5.74) is 17.2. The molecular weight excluding hydrogens is 705 g/mol. The number of nitrogens with zero attached hydrogens (tertiary/aromatic N) is 4. The largest absolute Gasteiger partial charge is 0.256 e. The second-order valence-electron chi connectivity index (χ2n) is 15.8. The molecule has 0 fully saturated rings. The summed E-state index contributed by atoms with van der Waals surface area (Å²) in [6.45, 7) is 4.74. The van der Waals surface area contributed by atoms with Gasteiger partial charge in [0, 0.05) is 33.9 Å². The molecule has 2 aliphatic carbocycles. The molecule has 2 aromatic heterocycles. The summed E-state index contributed by atoms with van der Waals surface area (Å²) in [5, 5.41) is 0. The quantitative estimate of drug-likeness (QED) is 0.176. The van der Waals surface area contributed by atoms with E-state index in [9.17, 15) is 0 Å². The van der Waals surface area contributed by atoms with Gasteiger partial charge in [0.25, 0.3) is 0 Å². The van der Waals surface area contributed by atoms with Crippen LogP contribution in [0, 0.1) is 0 Å². The van der Waals surface area contributed by atoms with E-state index in [1.165, 1.54) is 50.1 Å². The van der Waals surface area contributed by atoms with E-state index in [0.717, 1.165) is 33.5 Å². The first kappa shape index (κ1) is 34.0. The first-order valence-electron chi connectivity index (χ1n) is 19.9. The number of aromatic nitrogens is 4. The molecular formula is C54H38N4. The Bertz CT molecular complexity index is 2960. The van der Waals surface area contributed by atoms with E-state index < -0.39 is 5.41 Å². The van der Waals surface area contributed by atoms with E-state index in [1.54, 1.807) is 0 Å². The van der Waals surface area contributed by atoms with E-state index >= 15 is 0 Å². The van der Waals surface area contributed by atoms with Crippen molar-refractivity contribution in [1.29, 1.82) is 0 Å². The molecule has 7 aromatic carbocycles. The summed E-state index contributed by atoms with van der Waals surface area (Å²) in [4.78, 5) is 19.5. The maximum absolute atomic E-state index is 5.05. The van der Waals surface area contributed by atoms with Gasteiger partial charge in [-0.15, -0.1) is 0 Å². The van der Waals surface area contributed by atoms with Crippen molar-refractivity contribution in [2.75, 3.05) is 0 Å². The van der Waals surface area contributed by atoms with Crippen molar-refractivity contribution in [3.63, 3.8) is 0 Å². The molecule has 0 unspecified atom stereocenters. The topological polar surface area (TPSA) is 51.6 Å². The van der Waals surface area contributed by atoms with Crippen molar-refractivity contribution in [3.8, 4) is 67.7 Å². The molecule has 0 saturated heterocycles. The van der Waals surface area contributed by atoms with Gasteiger partial charge in [0.15, 0.2) is 17.5 Å². The highest BCUT2D eigenvalue weighted by Gasteiger charge is 2.53. The Balaban J connectivity index is 1.02. The molecule has 1 spiro atoms. The zero-order valence-corrected chi connectivity index (χ0v) is 32.3. The van der Waals surface area contributed by atoms with E-state index in [1.807, 2.05) is 54.7 Å². The summed E-state index contributed by atoms with van der Waals surface area (Å²) in [6.07, 6.45) is 1.81. The summed E-state index contributed by atoms with van der Waals surface area (Å²) in [7, 11) is 0. The van der Waals surface area contributed by atoms with Crippen LogP contribution in [-0.2, 0) is 10.8 Å². The SMILES string of the molecule is CC1(C)c2ccccc2C2(c3ccccc3-c3ccc(-c4ccc(-c5nc(-c6ccccc6)nc(-c6ccc(-c7ccccn7)cc6)n5)cc4)cc32)c2ccccc21. The van der Waals surface area contributed by atoms with Gasteiger partial charge in [0.05, 0.1) is 11.1 Å². The average Bonchev–Trinajstić information content (AvgIpc) is 3.59. The van der Waals surface area contributed by atoms with E-state index in [-0.39, 0.29) is 5.41 Å². The van der Waals surface area contributed by atoms with Crippen molar-refractivity contribution in [2.45, 2.75) is 24.7 Å². The van der Waals surface area contributed by atoms with Crippen LogP contribution < -0.4 is 0 Å². The third-order valence-electron chi connectivity index (χ3n) is 12.3. The lowest BCUT2D eigenvalue weighted by Gasteiger charge is -2.46. The van der Waals surface area contributed by atoms with E-state index in [4.69, 9.17) is 15.0 Å². The average molecular weight is 743 g/mol. The molecule has 0 atom stereocenters. The van der Waals surface area contributed by atoms with Crippen molar-refractivity contribution < 1.29 is 0 Å². The van der Waals surface area contributed by atoms with Crippen LogP contribution in [0.5, 0.6) is 0 Å². The molecule has 2 aliphatic rings. The Morgan fingerprint density at radius 2 is 0.776 bits per heavy atom. The summed E-state index contributed by atoms with van der Waals surface area (Å²) >= 11 is 0. The molecule has 0 bridgehead atoms. The van der Waals surface area contributed by atoms with Gasteiger partial charge in [0.1, 0.15) is 0 Å². The molecule has 4 nitrogen and oxygen atoms in total. The Labute approximate surface area is 338 Å². The second kappa shape index (κ2) is 13.1. The van der Waals surface area contributed by atoms with Crippen LogP contribution in [0.3, 0.4) is 0 Å². The fourth-order valence-corrected chi connectivity index (χ4v) is 9.53. The monoisotopic (exact) mass is 742 g/mol. The van der Waals surface area contributed by atoms with Gasteiger partial charge in [-0.25, -0.2) is 15.0 Å². The van der Waals surface area contributed by atoms with Crippen LogP contribution in [0.25, 0.3) is 67.7 Å². The van der Waals surface area contributed by atoms with Gasteiger partial charge in [-0.1, -0.05) is 184 Å². The summed E-state index contributed by atoms with van der Waals surface area (Å²) < 4.78 is 0. The number of hydrogen-bond donors (Lipinski definition) is 0. The predicted molar refractivity (Wildman–Crippen MR) is 234 cm³/mol. The molecule has 2 heterocycles. The molecule has 0 saturated carbocycles. The summed E-state index contributed by atoms with van der Waals surface area (Å²) in [6, 6.07) is 67.3. The van der Waals surface area contributed by atoms with Gasteiger partial charge in [-0.3, -0.25) is 4.98 Å². The number of fused-ring (bicyclic) bond motifs is 9. The number of rotatable bonds is 5. The molecule has 11 rings (SSSR count). The number of pyridine rings is 1. The highest BCUT2D eigenvalue weighted by molar-refractivity contribution is 5.90. The Hall–Kier alpha value is -7.30. The maximum Gasteiger partial charge on any atom is 0.164 e. The molecule has 0 amide bonds. The van der Waals surface area contributed by atoms with E-state index in [0.29, 0.717) is 17.5 Å². The number of hydrogen-bond acceptors (Lipinski definition) is 4. The lowest BCUT2D eigenvalue weighted by atomic mass is 9.55. The Kier molecular flexibility index (Phi) is 7.70. The van der Waals surface area contributed by atoms with Gasteiger partial charge in [-0.05, 0) is 73.8 Å². The maximum atomic E-state index is 5.05. The molecule has 58 heavy (non-hydrogen) atoms. The van der Waals surface area contributed by atoms with Crippen LogP contribution in [-0.4, -0.2) is 19.9 Å². The van der Waals surface area contributed by atoms with E-state index in [2.05, 4.69) is 158 Å². The van der Waals surface area contributed by atoms with Gasteiger partial charge >= 0.3 is 0 Å². The minimum absolute atomic E-state index is 0.137. The fourth-order valence-electron chi connectivity index (χ4n) is 9.53. The van der Waals surface area contributed by atoms with Crippen molar-refractivity contribution in [1.82, 2.24) is 19.9 Å². The third kappa shape index (κ3) is 5.15. The highest BCUT2D eigenvalue weighted by atomic mass is 15.0. The van der Waals surface area contributed by atoms with Crippen molar-refractivity contribution in [3.05, 3.63) is 228 Å². The van der Waals surface area contributed by atoms with Gasteiger partial charge in [-0.2, -0.15) is 0 Å². The molecule has 0 aliphatic heterocycles. The lowest BCUT2D eigenvalue weighted by molar-refractivity contribution is 0.563. The smallest absolute Gasteiger partial charge is 0.164 e. The first-order valence-corrected chi connectivity index (χ1v) is 19.9. The fraction of sp³-hybridized carbons (Fsp3) is 0.0741. The Morgan fingerprint density at radius 3 is 1.36 bits per heavy atom. The molecule has 0 radical (unpaired) electrons. The first-order chi connectivity index (χ1) is 28.5. The number of benzene rings is 7. The summed E-state index contributed by atoms with van der Waals surface area (Å²) in [5.74, 6) is 1.89. The zero-order chi connectivity index (χ0) is 38.8. The van der Waals surface area contributed by atoms with Crippen LogP contribution >= 0.6 is 0 Å². The molecule has 4 heteroatoms. The standard InChI is InChI=1S/C54H38N4/c1-53(2)44-18-8-10-20-46(44)54(47-21-11-9-19-45(47)53)43-17-7-6-16-41(43)42-32-31-40(34-48(42)54)35-23-27-38(28-24-35)51-56-50(37-14-4-3-5-15-37)57-52(58-51)39-29-25-36(26-30-39)49-22-12-13-33-55-49/h3-34H,1-2H3. The Morgan fingerprint density at radius 1 is 0.328 bits per heavy atom. The highest BCUT2D eigenvalue weighted by Crippen LogP contribution is 2.62. The van der Waals surface area contributed by atoms with Crippen LogP contribution in [0.1, 0.15) is 47.2 Å². The minimum atomic E-state index is -0.435. The van der Waals surface area contributed by atoms with Gasteiger partial charge in [0.2, 0.25) is 0 Å². The van der Waals surface area contributed by atoms with Crippen molar-refractivity contribution >= 4 is 0 Å². The van der Waals surface area contributed by atoms with Crippen LogP contribution in [0.15, 0.2) is 194 Å². The second-order valence-corrected chi connectivity index (χ2v) is 15.8. The normalized spacial score (nSPS) is 14.0. The minimum Gasteiger partial charge on any atom is -0.256 e. The van der Waals surface area contributed by atoms with Crippen molar-refractivity contribution in [2.24, 2.45) is 0 Å². The van der Waals surface area contributed by atoms with Gasteiger partial charge < -0.3 is 0 Å². The third-order valence-corrected chi connectivity index (χ3v) is 12.3. The van der Waals surface area contributed by atoms with Crippen LogP contribution in [0.2, 0.25) is 0 Å². The predicted octanol–water partition coefficient (Wildman–Crippen LogP) is 12.6. The molecule has 9 aromatic rings. The molecule has 0 N–H and O–H groups in total. The molecule has 274 valence electrons. The van der Waals surface area contributed by atoms with Crippen LogP contribution in [0.4, 0.5) is 0 Å². The lowest BCUT2D eigenvalue weighted by Crippen LogP contribution is -2.40.